The van der Waals surface area contributed by atoms with Gasteiger partial charge in [0.15, 0.2) is 16.5 Å². The van der Waals surface area contributed by atoms with E-state index in [1.54, 1.807) is 0 Å². The van der Waals surface area contributed by atoms with Crippen molar-refractivity contribution in [1.82, 2.24) is 15.3 Å². The number of nitrogens with one attached hydrogen (secondary N) is 1. The number of aromatic hydroxyl groups is 1. The lowest BCUT2D eigenvalue weighted by molar-refractivity contribution is 0.0953. The molecule has 7 nitrogen and oxygen atoms in total. The van der Waals surface area contributed by atoms with Gasteiger partial charge in [-0.1, -0.05) is 0 Å². The quantitative estimate of drug-likeness (QED) is 0.374. The van der Waals surface area contributed by atoms with Gasteiger partial charge in [-0.3, -0.25) is 9.78 Å². The number of hydrogen-bond donors (Lipinski definition) is 4. The molecule has 3 N–H and O–H groups in total. The van der Waals surface area contributed by atoms with Gasteiger partial charge < -0.3 is 15.0 Å². The average Bonchev–Trinajstić information content (AvgIpc) is 2.39. The molecule has 2 aromatic rings. The van der Waals surface area contributed by atoms with E-state index in [0.717, 1.165) is 0 Å². The van der Waals surface area contributed by atoms with Crippen LogP contribution in [0, 0.1) is 0 Å². The predicted octanol–water partition coefficient (Wildman–Crippen LogP) is 0.533. The Morgan fingerprint density at radius 1 is 1.53 bits per heavy atom. The molecule has 0 aliphatic carbocycles. The van der Waals surface area contributed by atoms with Crippen molar-refractivity contribution in [2.45, 2.75) is 5.03 Å². The van der Waals surface area contributed by atoms with E-state index >= 15 is 0 Å². The van der Waals surface area contributed by atoms with Crippen LogP contribution in [0.2, 0.25) is 0 Å². The first-order valence-electron chi connectivity index (χ1n) is 5.04. The van der Waals surface area contributed by atoms with Crippen molar-refractivity contribution in [3.63, 3.8) is 0 Å². The summed E-state index contributed by atoms with van der Waals surface area (Å²) in [4.78, 5) is 19.3. The van der Waals surface area contributed by atoms with Crippen LogP contribution in [-0.2, 0) is 11.1 Å². The van der Waals surface area contributed by atoms with Gasteiger partial charge in [-0.15, -0.1) is 0 Å². The first-order valence-corrected chi connectivity index (χ1v) is 6.77. The molecule has 19 heavy (non-hydrogen) atoms. The largest absolute Gasteiger partial charge is 0.504 e. The highest BCUT2D eigenvalue weighted by molar-refractivity contribution is 7.80. The van der Waals surface area contributed by atoms with Crippen molar-refractivity contribution in [2.75, 3.05) is 5.88 Å². The number of nitrogens with zero attached hydrogens (tertiary/aromatic N) is 2. The fourth-order valence-corrected chi connectivity index (χ4v) is 2.21. The number of fused-ring (bicyclic) bond motifs is 1. The van der Waals surface area contributed by atoms with Crippen LogP contribution in [-0.4, -0.2) is 35.6 Å². The molecule has 1 amide bonds. The van der Waals surface area contributed by atoms with Crippen LogP contribution >= 0.6 is 12.6 Å². The van der Waals surface area contributed by atoms with Gasteiger partial charge in [-0.2, -0.15) is 12.6 Å². The first-order chi connectivity index (χ1) is 9.06. The lowest BCUT2D eigenvalue weighted by Gasteiger charge is -2.08. The summed E-state index contributed by atoms with van der Waals surface area (Å²) >= 11 is 1.41. The highest BCUT2D eigenvalue weighted by Crippen LogP contribution is 2.28. The number of hydrogen-bond acceptors (Lipinski definition) is 6. The predicted molar refractivity (Wildman–Crippen MR) is 71.6 cm³/mol. The summed E-state index contributed by atoms with van der Waals surface area (Å²) in [6, 6.07) is 3.02. The van der Waals surface area contributed by atoms with E-state index in [1.807, 2.05) is 0 Å². The molecule has 9 heteroatoms. The summed E-state index contributed by atoms with van der Waals surface area (Å²) in [5.41, 5.74) is -0.322. The molecule has 0 fully saturated rings. The minimum Gasteiger partial charge on any atom is -0.504 e. The Hall–Kier alpha value is -1.71. The van der Waals surface area contributed by atoms with Gasteiger partial charge in [-0.05, 0) is 12.1 Å². The summed E-state index contributed by atoms with van der Waals surface area (Å²) in [6.07, 6.45) is 1.40. The molecular weight excluding hydrogens is 290 g/mol. The third-order valence-electron chi connectivity index (χ3n) is 2.32. The van der Waals surface area contributed by atoms with Crippen LogP contribution in [0.25, 0.3) is 10.9 Å². The van der Waals surface area contributed by atoms with E-state index in [-0.39, 0.29) is 27.5 Å². The van der Waals surface area contributed by atoms with E-state index in [9.17, 15) is 18.7 Å². The molecule has 2 heterocycles. The molecule has 0 saturated carbocycles. The summed E-state index contributed by atoms with van der Waals surface area (Å²) in [5.74, 6) is -1.10. The Bertz CT molecular complexity index is 677. The third-order valence-corrected chi connectivity index (χ3v) is 3.12. The van der Waals surface area contributed by atoms with Crippen LogP contribution in [0.1, 0.15) is 10.5 Å². The molecule has 0 aliphatic heterocycles. The van der Waals surface area contributed by atoms with E-state index in [4.69, 9.17) is 0 Å². The molecule has 0 bridgehead atoms. The smallest absolute Gasteiger partial charge is 0.274 e. The number of aromatic nitrogens is 2. The lowest BCUT2D eigenvalue weighted by Crippen LogP contribution is -2.23. The van der Waals surface area contributed by atoms with Crippen molar-refractivity contribution in [2.24, 2.45) is 0 Å². The Labute approximate surface area is 115 Å². The third kappa shape index (κ3) is 2.53. The van der Waals surface area contributed by atoms with E-state index in [2.05, 4.69) is 27.9 Å². The van der Waals surface area contributed by atoms with Crippen molar-refractivity contribution in [3.8, 4) is 5.75 Å². The molecular formula is C10H9N3O4S2. The van der Waals surface area contributed by atoms with Crippen LogP contribution in [0.3, 0.4) is 0 Å². The second kappa shape index (κ2) is 5.51. The van der Waals surface area contributed by atoms with Crippen LogP contribution in [0.5, 0.6) is 5.75 Å². The van der Waals surface area contributed by atoms with Gasteiger partial charge in [-0.25, -0.2) is 9.19 Å². The van der Waals surface area contributed by atoms with Gasteiger partial charge in [0.2, 0.25) is 11.1 Å². The fourth-order valence-electron chi connectivity index (χ4n) is 1.54. The SMILES string of the molecule is O=C(NCS)c1nc(S(=O)O)c2cccnc2c1O. The van der Waals surface area contributed by atoms with Crippen molar-refractivity contribution in [1.29, 1.82) is 0 Å². The van der Waals surface area contributed by atoms with Gasteiger partial charge >= 0.3 is 0 Å². The minimum absolute atomic E-state index is 0.0394. The summed E-state index contributed by atoms with van der Waals surface area (Å²) in [6.45, 7) is 0. The van der Waals surface area contributed by atoms with Crippen LogP contribution in [0.4, 0.5) is 0 Å². The molecule has 0 aliphatic rings. The maximum Gasteiger partial charge on any atom is 0.274 e. The van der Waals surface area contributed by atoms with Gasteiger partial charge in [0.05, 0.1) is 5.88 Å². The zero-order valence-corrected chi connectivity index (χ0v) is 11.1. The number of thiol groups is 1. The normalized spacial score (nSPS) is 12.3. The summed E-state index contributed by atoms with van der Waals surface area (Å²) in [7, 11) is 0. The van der Waals surface area contributed by atoms with E-state index < -0.39 is 22.7 Å². The average molecular weight is 299 g/mol. The van der Waals surface area contributed by atoms with Crippen LogP contribution < -0.4 is 5.32 Å². The fraction of sp³-hybridized carbons (Fsp3) is 0.100. The second-order valence-electron chi connectivity index (χ2n) is 3.43. The molecule has 0 radical (unpaired) electrons. The Balaban J connectivity index is 2.76. The zero-order valence-electron chi connectivity index (χ0n) is 9.40. The van der Waals surface area contributed by atoms with Gasteiger partial charge in [0.1, 0.15) is 5.52 Å². The Morgan fingerprint density at radius 2 is 2.26 bits per heavy atom. The topological polar surface area (TPSA) is 112 Å². The summed E-state index contributed by atoms with van der Waals surface area (Å²) in [5, 5.41) is 12.3. The molecule has 0 saturated heterocycles. The molecule has 2 aromatic heterocycles. The summed E-state index contributed by atoms with van der Waals surface area (Å²) < 4.78 is 20.5. The molecule has 0 aromatic carbocycles. The van der Waals surface area contributed by atoms with Crippen LogP contribution in [0.15, 0.2) is 23.4 Å². The van der Waals surface area contributed by atoms with Crippen molar-refractivity contribution in [3.05, 3.63) is 24.0 Å². The van der Waals surface area contributed by atoms with E-state index in [1.165, 1.54) is 18.3 Å². The number of carbonyl (C=O) groups is 1. The molecule has 0 spiro atoms. The van der Waals surface area contributed by atoms with E-state index in [0.29, 0.717) is 0 Å². The number of carbonyl (C=O) groups excluding carboxylic acids is 1. The van der Waals surface area contributed by atoms with Crippen molar-refractivity contribution >= 4 is 40.5 Å². The molecule has 1 atom stereocenters. The maximum absolute atomic E-state index is 11.7. The minimum atomic E-state index is -2.40. The standard InChI is InChI=1S/C10H9N3O4S2/c14-8-6-5(2-1-3-11-6)10(19(16)17)13-7(8)9(15)12-4-18/h1-3,14,18H,4H2,(H,12,15)(H,16,17). The highest BCUT2D eigenvalue weighted by Gasteiger charge is 2.21. The molecule has 100 valence electrons. The number of amides is 1. The lowest BCUT2D eigenvalue weighted by atomic mass is 10.2. The molecule has 1 unspecified atom stereocenters. The highest BCUT2D eigenvalue weighted by atomic mass is 32.2. The monoisotopic (exact) mass is 299 g/mol. The first kappa shape index (κ1) is 13.7. The molecule has 2 rings (SSSR count). The van der Waals surface area contributed by atoms with Gasteiger partial charge in [0, 0.05) is 11.6 Å². The zero-order chi connectivity index (χ0) is 14.0. The number of pyridine rings is 2. The maximum atomic E-state index is 11.7. The number of rotatable bonds is 3. The Kier molecular flexibility index (Phi) is 3.98. The van der Waals surface area contributed by atoms with Crippen molar-refractivity contribution < 1.29 is 18.7 Å². The Morgan fingerprint density at radius 3 is 2.89 bits per heavy atom. The van der Waals surface area contributed by atoms with Gasteiger partial charge in [0.25, 0.3) is 5.91 Å². The second-order valence-corrected chi connectivity index (χ2v) is 4.63.